The summed E-state index contributed by atoms with van der Waals surface area (Å²) >= 11 is 0. The fourth-order valence-electron chi connectivity index (χ4n) is 2.15. The van der Waals surface area contributed by atoms with Crippen molar-refractivity contribution in [3.63, 3.8) is 0 Å². The van der Waals surface area contributed by atoms with E-state index in [0.29, 0.717) is 0 Å². The van der Waals surface area contributed by atoms with E-state index < -0.39 is 0 Å². The Labute approximate surface area is 119 Å². The first-order chi connectivity index (χ1) is 9.74. The summed E-state index contributed by atoms with van der Waals surface area (Å²) in [6.07, 6.45) is 4.75. The highest BCUT2D eigenvalue weighted by Crippen LogP contribution is 2.16. The Balaban J connectivity index is 2.03. The molecule has 0 radical (unpaired) electrons. The number of aromatic amines is 1. The van der Waals surface area contributed by atoms with Crippen molar-refractivity contribution in [2.75, 3.05) is 18.4 Å². The smallest absolute Gasteiger partial charge is 0.321 e. The number of benzene rings is 1. The highest BCUT2D eigenvalue weighted by Gasteiger charge is 2.12. The second kappa shape index (κ2) is 6.93. The molecule has 5 nitrogen and oxygen atoms in total. The Hall–Kier alpha value is -2.04. The maximum absolute atomic E-state index is 12.3. The van der Waals surface area contributed by atoms with Crippen LogP contribution in [0.15, 0.2) is 24.5 Å². The third-order valence-corrected chi connectivity index (χ3v) is 3.23. The molecule has 2 N–H and O–H groups in total. The SMILES string of the molecule is CCCCN(CCC)C(=O)Nc1ccc2nc[nH]c2c1. The first-order valence-electron chi connectivity index (χ1n) is 7.23. The number of carbonyl (C=O) groups excluding carboxylic acids is 1. The molecule has 108 valence electrons. The van der Waals surface area contributed by atoms with Crippen molar-refractivity contribution < 1.29 is 4.79 Å². The number of H-pyrrole nitrogens is 1. The van der Waals surface area contributed by atoms with Crippen molar-refractivity contribution in [3.8, 4) is 0 Å². The summed E-state index contributed by atoms with van der Waals surface area (Å²) in [6.45, 7) is 5.82. The van der Waals surface area contributed by atoms with Gasteiger partial charge in [0.2, 0.25) is 0 Å². The molecule has 1 heterocycles. The number of urea groups is 1. The normalized spacial score (nSPS) is 10.7. The lowest BCUT2D eigenvalue weighted by Gasteiger charge is -2.22. The lowest BCUT2D eigenvalue weighted by atomic mass is 10.2. The van der Waals surface area contributed by atoms with Crippen LogP contribution in [-0.4, -0.2) is 34.0 Å². The number of nitrogens with zero attached hydrogens (tertiary/aromatic N) is 2. The number of anilines is 1. The average molecular weight is 274 g/mol. The molecule has 0 fully saturated rings. The van der Waals surface area contributed by atoms with E-state index in [1.165, 1.54) is 0 Å². The molecule has 0 saturated heterocycles. The van der Waals surface area contributed by atoms with Gasteiger partial charge in [0.05, 0.1) is 17.4 Å². The molecule has 0 bridgehead atoms. The van der Waals surface area contributed by atoms with Crippen LogP contribution in [0.5, 0.6) is 0 Å². The molecule has 0 unspecified atom stereocenters. The molecule has 2 aromatic rings. The predicted molar refractivity (Wildman–Crippen MR) is 81.9 cm³/mol. The van der Waals surface area contributed by atoms with Crippen LogP contribution in [0.4, 0.5) is 10.5 Å². The average Bonchev–Trinajstić information content (AvgIpc) is 2.90. The lowest BCUT2D eigenvalue weighted by molar-refractivity contribution is 0.211. The zero-order valence-corrected chi connectivity index (χ0v) is 12.1. The van der Waals surface area contributed by atoms with Gasteiger partial charge in [0.1, 0.15) is 0 Å². The van der Waals surface area contributed by atoms with E-state index in [1.54, 1.807) is 6.33 Å². The van der Waals surface area contributed by atoms with Gasteiger partial charge < -0.3 is 15.2 Å². The highest BCUT2D eigenvalue weighted by atomic mass is 16.2. The van der Waals surface area contributed by atoms with Crippen LogP contribution >= 0.6 is 0 Å². The number of hydrogen-bond donors (Lipinski definition) is 2. The van der Waals surface area contributed by atoms with Gasteiger partial charge in [-0.05, 0) is 31.0 Å². The number of nitrogens with one attached hydrogen (secondary N) is 2. The van der Waals surface area contributed by atoms with Crippen molar-refractivity contribution in [1.82, 2.24) is 14.9 Å². The van der Waals surface area contributed by atoms with E-state index in [1.807, 2.05) is 23.1 Å². The number of fused-ring (bicyclic) bond motifs is 1. The van der Waals surface area contributed by atoms with E-state index in [-0.39, 0.29) is 6.03 Å². The molecule has 1 aromatic carbocycles. The van der Waals surface area contributed by atoms with Crippen molar-refractivity contribution in [3.05, 3.63) is 24.5 Å². The van der Waals surface area contributed by atoms with Gasteiger partial charge in [-0.15, -0.1) is 0 Å². The second-order valence-corrected chi connectivity index (χ2v) is 4.91. The maximum Gasteiger partial charge on any atom is 0.321 e. The molecule has 20 heavy (non-hydrogen) atoms. The third kappa shape index (κ3) is 3.50. The number of hydrogen-bond acceptors (Lipinski definition) is 2. The van der Waals surface area contributed by atoms with E-state index in [2.05, 4.69) is 29.1 Å². The van der Waals surface area contributed by atoms with Crippen LogP contribution < -0.4 is 5.32 Å². The molecule has 5 heteroatoms. The van der Waals surface area contributed by atoms with E-state index in [9.17, 15) is 4.79 Å². The van der Waals surface area contributed by atoms with Crippen LogP contribution in [0.1, 0.15) is 33.1 Å². The van der Waals surface area contributed by atoms with Crippen molar-refractivity contribution in [2.24, 2.45) is 0 Å². The number of imidazole rings is 1. The predicted octanol–water partition coefficient (Wildman–Crippen LogP) is 3.61. The minimum absolute atomic E-state index is 0.0286. The summed E-state index contributed by atoms with van der Waals surface area (Å²) < 4.78 is 0. The largest absolute Gasteiger partial charge is 0.345 e. The maximum atomic E-state index is 12.3. The number of aromatic nitrogens is 2. The quantitative estimate of drug-likeness (QED) is 0.845. The second-order valence-electron chi connectivity index (χ2n) is 4.91. The van der Waals surface area contributed by atoms with Crippen LogP contribution in [0.2, 0.25) is 0 Å². The summed E-state index contributed by atoms with van der Waals surface area (Å²) in [4.78, 5) is 21.4. The van der Waals surface area contributed by atoms with Crippen LogP contribution in [0.25, 0.3) is 11.0 Å². The lowest BCUT2D eigenvalue weighted by Crippen LogP contribution is -2.36. The van der Waals surface area contributed by atoms with Gasteiger partial charge in [-0.3, -0.25) is 0 Å². The zero-order chi connectivity index (χ0) is 14.4. The van der Waals surface area contributed by atoms with Gasteiger partial charge in [-0.1, -0.05) is 20.3 Å². The van der Waals surface area contributed by atoms with Gasteiger partial charge in [-0.25, -0.2) is 9.78 Å². The van der Waals surface area contributed by atoms with Gasteiger partial charge in [0.25, 0.3) is 0 Å². The van der Waals surface area contributed by atoms with Crippen LogP contribution in [0.3, 0.4) is 0 Å². The molecular weight excluding hydrogens is 252 g/mol. The van der Waals surface area contributed by atoms with Gasteiger partial charge >= 0.3 is 6.03 Å². The Morgan fingerprint density at radius 2 is 2.15 bits per heavy atom. The minimum atomic E-state index is -0.0286. The Kier molecular flexibility index (Phi) is 4.98. The number of rotatable bonds is 6. The summed E-state index contributed by atoms with van der Waals surface area (Å²) in [5, 5.41) is 2.96. The Morgan fingerprint density at radius 3 is 2.90 bits per heavy atom. The van der Waals surface area contributed by atoms with Crippen molar-refractivity contribution in [2.45, 2.75) is 33.1 Å². The molecule has 1 aromatic heterocycles. The number of unbranched alkanes of at least 4 members (excludes halogenated alkanes) is 1. The Bertz CT molecular complexity index is 564. The van der Waals surface area contributed by atoms with E-state index in [0.717, 1.165) is 49.1 Å². The topological polar surface area (TPSA) is 61.0 Å². The standard InChI is InChI=1S/C15H22N4O/c1-3-5-9-19(8-4-2)15(20)18-12-6-7-13-14(10-12)17-11-16-13/h6-7,10-11H,3-5,8-9H2,1-2H3,(H,16,17)(H,18,20). The van der Waals surface area contributed by atoms with Crippen molar-refractivity contribution >= 4 is 22.8 Å². The summed E-state index contributed by atoms with van der Waals surface area (Å²) in [5.74, 6) is 0. The first-order valence-corrected chi connectivity index (χ1v) is 7.23. The monoisotopic (exact) mass is 274 g/mol. The number of carbonyl (C=O) groups is 1. The minimum Gasteiger partial charge on any atom is -0.345 e. The third-order valence-electron chi connectivity index (χ3n) is 3.23. The molecule has 0 spiro atoms. The van der Waals surface area contributed by atoms with E-state index in [4.69, 9.17) is 0 Å². The molecule has 0 atom stereocenters. The summed E-state index contributed by atoms with van der Waals surface area (Å²) in [5.41, 5.74) is 2.63. The summed E-state index contributed by atoms with van der Waals surface area (Å²) in [6, 6.07) is 5.66. The van der Waals surface area contributed by atoms with Crippen LogP contribution in [0, 0.1) is 0 Å². The molecular formula is C15H22N4O. The molecule has 0 saturated carbocycles. The highest BCUT2D eigenvalue weighted by molar-refractivity contribution is 5.91. The Morgan fingerprint density at radius 1 is 1.30 bits per heavy atom. The molecule has 2 rings (SSSR count). The van der Waals surface area contributed by atoms with Crippen LogP contribution in [-0.2, 0) is 0 Å². The fourth-order valence-corrected chi connectivity index (χ4v) is 2.15. The van der Waals surface area contributed by atoms with Gasteiger partial charge in [-0.2, -0.15) is 0 Å². The van der Waals surface area contributed by atoms with Gasteiger partial charge in [0.15, 0.2) is 0 Å². The molecule has 2 amide bonds. The van der Waals surface area contributed by atoms with Gasteiger partial charge in [0, 0.05) is 18.8 Å². The first kappa shape index (κ1) is 14.4. The fraction of sp³-hybridized carbons (Fsp3) is 0.467. The van der Waals surface area contributed by atoms with E-state index >= 15 is 0 Å². The molecule has 0 aliphatic carbocycles. The summed E-state index contributed by atoms with van der Waals surface area (Å²) in [7, 11) is 0. The zero-order valence-electron chi connectivity index (χ0n) is 12.1. The van der Waals surface area contributed by atoms with Crippen molar-refractivity contribution in [1.29, 1.82) is 0 Å². The molecule has 0 aliphatic heterocycles. The number of amides is 2. The molecule has 0 aliphatic rings.